The summed E-state index contributed by atoms with van der Waals surface area (Å²) in [5.74, 6) is 0. The summed E-state index contributed by atoms with van der Waals surface area (Å²) in [6, 6.07) is 0. The first-order chi connectivity index (χ1) is 1.00. The van der Waals surface area contributed by atoms with E-state index < -0.39 is 0 Å². The van der Waals surface area contributed by atoms with E-state index in [1.807, 2.05) is 0 Å². The second-order valence-electron chi connectivity index (χ2n) is 0. The molecule has 0 saturated carbocycles. The molecule has 0 aromatic rings. The van der Waals surface area contributed by atoms with Crippen molar-refractivity contribution in [2.45, 2.75) is 0 Å². The van der Waals surface area contributed by atoms with Crippen LogP contribution >= 0.6 is 0 Å². The van der Waals surface area contributed by atoms with E-state index in [1.165, 1.54) is 0 Å². The van der Waals surface area contributed by atoms with Gasteiger partial charge in [0.05, 0.1) is 0 Å². The van der Waals surface area contributed by atoms with Crippen molar-refractivity contribution < 1.29 is 30.4 Å². The van der Waals surface area contributed by atoms with Crippen molar-refractivity contribution in [2.24, 2.45) is 0 Å². The van der Waals surface area contributed by atoms with Crippen LogP contribution < -0.4 is 0 Å². The standard InChI is InChI=1S/Cd.Ga.In.O.Sn.6H. The fourth-order valence-corrected chi connectivity index (χ4v) is 0. The molecule has 0 saturated heterocycles. The molecular formula is H6CdGaInOSn. The summed E-state index contributed by atoms with van der Waals surface area (Å²) in [5.41, 5.74) is 0. The van der Waals surface area contributed by atoms with Gasteiger partial charge in [-0.15, -0.1) is 0 Å². The molecule has 0 rings (SSSR count). The van der Waals surface area contributed by atoms with Gasteiger partial charge >= 0.3 is 71.2 Å². The first-order valence-corrected chi connectivity index (χ1v) is 1.37. The zero-order valence-corrected chi connectivity index (χ0v) is 8.51. The third kappa shape index (κ3) is 19.4. The van der Waals surface area contributed by atoms with Crippen molar-refractivity contribution in [1.29, 1.82) is 0 Å². The third-order valence-electron chi connectivity index (χ3n) is 0. The van der Waals surface area contributed by atoms with Crippen LogP contribution in [0.25, 0.3) is 0 Å². The SMILES string of the molecule is [Cd].[GaH3].[InH3].[O]=[Sn]. The van der Waals surface area contributed by atoms with Gasteiger partial charge in [0.15, 0.2) is 0 Å². The second kappa shape index (κ2) is 27.9. The zero-order valence-electron chi connectivity index (χ0n) is 1.62. The Morgan fingerprint density at radius 3 is 1.20 bits per heavy atom. The molecule has 1 nitrogen and oxygen atoms in total. The van der Waals surface area contributed by atoms with Gasteiger partial charge in [0.25, 0.3) is 0 Å². The number of hydrogen-bond donors (Lipinski definition) is 0. The van der Waals surface area contributed by atoms with E-state index in [9.17, 15) is 0 Å². The normalized spacial score (nSPS) is 0.800. The molecule has 0 aromatic carbocycles. The van der Waals surface area contributed by atoms with Gasteiger partial charge < -0.3 is 0 Å². The van der Waals surface area contributed by atoms with E-state index in [1.54, 1.807) is 0 Å². The molecule has 2 radical (unpaired) electrons. The van der Waals surface area contributed by atoms with E-state index in [4.69, 9.17) is 3.08 Å². The fourth-order valence-electron chi connectivity index (χ4n) is 0. The molecule has 0 spiro atoms. The maximum atomic E-state index is 8.34. The van der Waals surface area contributed by atoms with E-state index in [0.29, 0.717) is 22.5 Å². The Labute approximate surface area is 96.5 Å². The van der Waals surface area contributed by atoms with Gasteiger partial charge in [-0.1, -0.05) is 0 Å². The third-order valence-corrected chi connectivity index (χ3v) is 0. The molecule has 24 valence electrons. The molecule has 0 heterocycles. The zero-order chi connectivity index (χ0) is 2.00. The molecule has 0 amide bonds. The van der Waals surface area contributed by atoms with Gasteiger partial charge in [0, 0.05) is 27.3 Å². The molecule has 0 fully saturated rings. The summed E-state index contributed by atoms with van der Waals surface area (Å²) < 4.78 is 8.34. The molecule has 0 unspecified atom stereocenters. The van der Waals surface area contributed by atoms with Crippen LogP contribution in [0.2, 0.25) is 0 Å². The first kappa shape index (κ1) is 24.4. The molecule has 0 bridgehead atoms. The summed E-state index contributed by atoms with van der Waals surface area (Å²) in [6.07, 6.45) is 0. The van der Waals surface area contributed by atoms with Crippen LogP contribution in [0.4, 0.5) is 0 Å². The Kier molecular flexibility index (Phi) is 136. The van der Waals surface area contributed by atoms with Gasteiger partial charge in [-0.05, 0) is 0 Å². The van der Waals surface area contributed by atoms with Crippen LogP contribution in [0.3, 0.4) is 0 Å². The van der Waals surface area contributed by atoms with E-state index in [0.717, 1.165) is 0 Å². The van der Waals surface area contributed by atoms with Crippen LogP contribution in [-0.4, -0.2) is 68.1 Å². The minimum atomic E-state index is 0. The van der Waals surface area contributed by atoms with Crippen molar-refractivity contribution in [2.75, 3.05) is 0 Å². The Morgan fingerprint density at radius 1 is 1.20 bits per heavy atom. The second-order valence-corrected chi connectivity index (χ2v) is 0. The average Bonchev–Trinajstić information content (AvgIpc) is 1.00. The predicted octanol–water partition coefficient (Wildman–Crippen LogP) is -2.87. The van der Waals surface area contributed by atoms with E-state index in [2.05, 4.69) is 0 Å². The average molecular weight is 438 g/mol. The fraction of sp³-hybridized carbons (Fsp3) is 0. The topological polar surface area (TPSA) is 17.1 Å². The van der Waals surface area contributed by atoms with E-state index in [-0.39, 0.29) is 72.9 Å². The Morgan fingerprint density at radius 2 is 1.20 bits per heavy atom. The van der Waals surface area contributed by atoms with Crippen LogP contribution in [0, 0.1) is 0 Å². The van der Waals surface area contributed by atoms with Crippen LogP contribution in [0.15, 0.2) is 0 Å². The molecule has 0 atom stereocenters. The molecule has 0 N–H and O–H groups in total. The van der Waals surface area contributed by atoms with Gasteiger partial charge in [0.1, 0.15) is 0 Å². The molecule has 0 aromatic heterocycles. The number of hydrogen-bond acceptors (Lipinski definition) is 1. The summed E-state index contributed by atoms with van der Waals surface area (Å²) in [6.45, 7) is 0. The van der Waals surface area contributed by atoms with E-state index >= 15 is 0 Å². The van der Waals surface area contributed by atoms with Crippen molar-refractivity contribution in [3.8, 4) is 0 Å². The molecule has 0 aliphatic carbocycles. The summed E-state index contributed by atoms with van der Waals surface area (Å²) in [5, 5.41) is 0. The Balaban J connectivity index is -0.00000000167. The Hall–Kier alpha value is 3.03. The minimum absolute atomic E-state index is 0. The van der Waals surface area contributed by atoms with Gasteiger partial charge in [-0.3, -0.25) is 0 Å². The summed E-state index contributed by atoms with van der Waals surface area (Å²) in [4.78, 5) is 0. The van der Waals surface area contributed by atoms with Crippen LogP contribution in [0.1, 0.15) is 0 Å². The summed E-state index contributed by atoms with van der Waals surface area (Å²) in [7, 11) is 0. The van der Waals surface area contributed by atoms with Crippen LogP contribution in [-0.2, 0) is 30.4 Å². The van der Waals surface area contributed by atoms with Crippen molar-refractivity contribution in [1.82, 2.24) is 0 Å². The molecular weight excluding hydrogens is 432 g/mol. The maximum absolute atomic E-state index is 8.34. The predicted molar refractivity (Wildman–Crippen MR) is 26.3 cm³/mol. The van der Waals surface area contributed by atoms with Crippen molar-refractivity contribution >= 4 is 68.1 Å². The van der Waals surface area contributed by atoms with Gasteiger partial charge in [-0.2, -0.15) is 0 Å². The monoisotopic (exact) mass is 440 g/mol. The van der Waals surface area contributed by atoms with Gasteiger partial charge in [-0.25, -0.2) is 0 Å². The first-order valence-electron chi connectivity index (χ1n) is 0.204. The summed E-state index contributed by atoms with van der Waals surface area (Å²) >= 11 is 0.300. The van der Waals surface area contributed by atoms with Crippen LogP contribution in [0.5, 0.6) is 0 Å². The van der Waals surface area contributed by atoms with Gasteiger partial charge in [0.2, 0.25) is 0 Å². The number of rotatable bonds is 0. The Bertz CT molecular complexity index is 11.6. The van der Waals surface area contributed by atoms with Crippen molar-refractivity contribution in [3.63, 3.8) is 0 Å². The molecule has 0 aliphatic heterocycles. The molecule has 5 heavy (non-hydrogen) atoms. The quantitative estimate of drug-likeness (QED) is 0.373. The molecule has 5 heteroatoms. The van der Waals surface area contributed by atoms with Crippen molar-refractivity contribution in [3.05, 3.63) is 0 Å². The molecule has 0 aliphatic rings.